The predicted molar refractivity (Wildman–Crippen MR) is 66.2 cm³/mol. The van der Waals surface area contributed by atoms with E-state index in [2.05, 4.69) is 19.9 Å². The molecule has 0 atom stereocenters. The Hall–Kier alpha value is -0.980. The molecule has 1 aliphatic carbocycles. The molecule has 0 spiro atoms. The minimum atomic E-state index is 0.766. The van der Waals surface area contributed by atoms with Crippen LogP contribution in [-0.2, 0) is 0 Å². The number of hydrogen-bond acceptors (Lipinski definition) is 1. The van der Waals surface area contributed by atoms with E-state index < -0.39 is 0 Å². The van der Waals surface area contributed by atoms with Crippen molar-refractivity contribution >= 4 is 5.69 Å². The van der Waals surface area contributed by atoms with Gasteiger partial charge in [0.1, 0.15) is 0 Å². The van der Waals surface area contributed by atoms with Gasteiger partial charge < -0.3 is 5.73 Å². The lowest BCUT2D eigenvalue weighted by atomic mass is 9.80. The molecule has 0 unspecified atom stereocenters. The van der Waals surface area contributed by atoms with E-state index in [4.69, 9.17) is 5.73 Å². The van der Waals surface area contributed by atoms with E-state index in [1.807, 2.05) is 6.07 Å². The Balaban J connectivity index is 2.36. The molecule has 0 aliphatic heterocycles. The summed E-state index contributed by atoms with van der Waals surface area (Å²) in [5, 5.41) is 0. The fourth-order valence-corrected chi connectivity index (χ4v) is 2.90. The maximum Gasteiger partial charge on any atom is 0.0346 e. The normalized spacial score (nSPS) is 18.0. The second-order valence-corrected chi connectivity index (χ2v) is 4.85. The molecule has 0 radical (unpaired) electrons. The lowest BCUT2D eigenvalue weighted by Crippen LogP contribution is -2.09. The predicted octanol–water partition coefficient (Wildman–Crippen LogP) is 3.93. The van der Waals surface area contributed by atoms with Crippen molar-refractivity contribution in [1.29, 1.82) is 0 Å². The molecule has 2 rings (SSSR count). The molecule has 0 heterocycles. The van der Waals surface area contributed by atoms with Crippen molar-refractivity contribution in [2.24, 2.45) is 0 Å². The van der Waals surface area contributed by atoms with Gasteiger partial charge in [0.15, 0.2) is 0 Å². The third-order valence-corrected chi connectivity index (χ3v) is 3.79. The summed E-state index contributed by atoms with van der Waals surface area (Å²) in [6.07, 6.45) is 6.89. The number of benzene rings is 1. The van der Waals surface area contributed by atoms with Crippen LogP contribution in [0.2, 0.25) is 0 Å². The highest BCUT2D eigenvalue weighted by atomic mass is 14.6. The van der Waals surface area contributed by atoms with Crippen molar-refractivity contribution in [1.82, 2.24) is 0 Å². The molecule has 15 heavy (non-hydrogen) atoms. The molecule has 0 aromatic heterocycles. The Bertz CT molecular complexity index is 349. The van der Waals surface area contributed by atoms with Crippen molar-refractivity contribution in [3.8, 4) is 0 Å². The quantitative estimate of drug-likeness (QED) is 0.687. The van der Waals surface area contributed by atoms with Crippen molar-refractivity contribution < 1.29 is 0 Å². The lowest BCUT2D eigenvalue weighted by molar-refractivity contribution is 0.441. The van der Waals surface area contributed by atoms with Gasteiger partial charge in [-0.05, 0) is 55.4 Å². The first-order valence-corrected chi connectivity index (χ1v) is 6.05. The molecule has 1 nitrogen and oxygen atoms in total. The average molecular weight is 203 g/mol. The van der Waals surface area contributed by atoms with Gasteiger partial charge in [-0.3, -0.25) is 0 Å². The Labute approximate surface area is 92.7 Å². The zero-order valence-electron chi connectivity index (χ0n) is 9.84. The van der Waals surface area contributed by atoms with Gasteiger partial charge >= 0.3 is 0 Å². The summed E-state index contributed by atoms with van der Waals surface area (Å²) in [6, 6.07) is 4.21. The first kappa shape index (κ1) is 10.5. The lowest BCUT2D eigenvalue weighted by Gasteiger charge is -2.26. The Morgan fingerprint density at radius 2 is 1.73 bits per heavy atom. The van der Waals surface area contributed by atoms with Crippen molar-refractivity contribution in [2.45, 2.75) is 51.9 Å². The highest BCUT2D eigenvalue weighted by molar-refractivity contribution is 5.54. The van der Waals surface area contributed by atoms with Crippen LogP contribution in [0.3, 0.4) is 0 Å². The molecule has 1 aromatic carbocycles. The van der Waals surface area contributed by atoms with Gasteiger partial charge in [0, 0.05) is 5.69 Å². The van der Waals surface area contributed by atoms with Gasteiger partial charge in [0.2, 0.25) is 0 Å². The molecule has 82 valence electrons. The van der Waals surface area contributed by atoms with Crippen molar-refractivity contribution in [3.63, 3.8) is 0 Å². The summed E-state index contributed by atoms with van der Waals surface area (Å²) < 4.78 is 0. The van der Waals surface area contributed by atoms with E-state index in [-0.39, 0.29) is 0 Å². The molecular weight excluding hydrogens is 182 g/mol. The molecule has 1 fully saturated rings. The van der Waals surface area contributed by atoms with Crippen molar-refractivity contribution in [3.05, 3.63) is 28.8 Å². The van der Waals surface area contributed by atoms with Crippen LogP contribution in [0.4, 0.5) is 5.69 Å². The summed E-state index contributed by atoms with van der Waals surface area (Å²) in [7, 11) is 0. The highest BCUT2D eigenvalue weighted by Gasteiger charge is 2.19. The van der Waals surface area contributed by atoms with Gasteiger partial charge in [-0.1, -0.05) is 25.3 Å². The minimum Gasteiger partial charge on any atom is -0.399 e. The monoisotopic (exact) mass is 203 g/mol. The molecule has 1 aromatic rings. The summed E-state index contributed by atoms with van der Waals surface area (Å²) in [4.78, 5) is 0. The summed E-state index contributed by atoms with van der Waals surface area (Å²) >= 11 is 0. The molecule has 0 bridgehead atoms. The number of rotatable bonds is 1. The standard InChI is InChI=1S/C14H21N/c1-10-8-9-13(15)11(2)14(10)12-6-4-3-5-7-12/h8-9,12H,3-7,15H2,1-2H3. The van der Waals surface area contributed by atoms with Crippen LogP contribution in [0.15, 0.2) is 12.1 Å². The first-order valence-electron chi connectivity index (χ1n) is 6.05. The fraction of sp³-hybridized carbons (Fsp3) is 0.571. The number of aryl methyl sites for hydroxylation is 1. The minimum absolute atomic E-state index is 0.766. The van der Waals surface area contributed by atoms with Crippen LogP contribution in [0.1, 0.15) is 54.7 Å². The first-order chi connectivity index (χ1) is 7.20. The molecule has 2 N–H and O–H groups in total. The Morgan fingerprint density at radius 1 is 1.07 bits per heavy atom. The van der Waals surface area contributed by atoms with Crippen LogP contribution in [-0.4, -0.2) is 0 Å². The second kappa shape index (κ2) is 4.26. The van der Waals surface area contributed by atoms with Gasteiger partial charge in [-0.15, -0.1) is 0 Å². The Morgan fingerprint density at radius 3 is 2.40 bits per heavy atom. The molecule has 0 amide bonds. The highest BCUT2D eigenvalue weighted by Crippen LogP contribution is 2.37. The molecule has 1 heteroatoms. The second-order valence-electron chi connectivity index (χ2n) is 4.85. The summed E-state index contributed by atoms with van der Waals surface area (Å²) in [5.41, 5.74) is 11.2. The van der Waals surface area contributed by atoms with Crippen LogP contribution in [0.5, 0.6) is 0 Å². The third-order valence-electron chi connectivity index (χ3n) is 3.79. The van der Waals surface area contributed by atoms with Crippen LogP contribution < -0.4 is 5.73 Å². The largest absolute Gasteiger partial charge is 0.399 e. The van der Waals surface area contributed by atoms with E-state index in [0.29, 0.717) is 0 Å². The van der Waals surface area contributed by atoms with Crippen LogP contribution in [0, 0.1) is 13.8 Å². The van der Waals surface area contributed by atoms with E-state index in [0.717, 1.165) is 11.6 Å². The smallest absolute Gasteiger partial charge is 0.0346 e. The van der Waals surface area contributed by atoms with Gasteiger partial charge in [-0.25, -0.2) is 0 Å². The summed E-state index contributed by atoms with van der Waals surface area (Å²) in [6.45, 7) is 4.39. The molecule has 1 saturated carbocycles. The van der Waals surface area contributed by atoms with E-state index >= 15 is 0 Å². The van der Waals surface area contributed by atoms with Crippen LogP contribution in [0.25, 0.3) is 0 Å². The van der Waals surface area contributed by atoms with E-state index in [1.54, 1.807) is 0 Å². The zero-order valence-corrected chi connectivity index (χ0v) is 9.84. The van der Waals surface area contributed by atoms with Gasteiger partial charge in [0.25, 0.3) is 0 Å². The number of anilines is 1. The van der Waals surface area contributed by atoms with Crippen LogP contribution >= 0.6 is 0 Å². The molecular formula is C14H21N. The number of hydrogen-bond donors (Lipinski definition) is 1. The zero-order chi connectivity index (χ0) is 10.8. The van der Waals surface area contributed by atoms with E-state index in [1.165, 1.54) is 48.8 Å². The van der Waals surface area contributed by atoms with Gasteiger partial charge in [0.05, 0.1) is 0 Å². The Kier molecular flexibility index (Phi) is 2.99. The SMILES string of the molecule is Cc1ccc(N)c(C)c1C1CCCCC1. The van der Waals surface area contributed by atoms with E-state index in [9.17, 15) is 0 Å². The van der Waals surface area contributed by atoms with Gasteiger partial charge in [-0.2, -0.15) is 0 Å². The average Bonchev–Trinajstić information content (AvgIpc) is 2.26. The maximum absolute atomic E-state index is 6.00. The molecule has 1 aliphatic rings. The third kappa shape index (κ3) is 2.01. The topological polar surface area (TPSA) is 26.0 Å². The van der Waals surface area contributed by atoms with Crippen molar-refractivity contribution in [2.75, 3.05) is 5.73 Å². The molecule has 0 saturated heterocycles. The number of nitrogen functional groups attached to an aromatic ring is 1. The number of nitrogens with two attached hydrogens (primary N) is 1. The maximum atomic E-state index is 6.00. The summed E-state index contributed by atoms with van der Waals surface area (Å²) in [5.74, 6) is 0.766. The fourth-order valence-electron chi connectivity index (χ4n) is 2.90.